The molecule has 0 bridgehead atoms. The highest BCUT2D eigenvalue weighted by Gasteiger charge is 2.23. The summed E-state index contributed by atoms with van der Waals surface area (Å²) in [5, 5.41) is 11.7. The number of rotatable bonds is 2. The van der Waals surface area contributed by atoms with Crippen LogP contribution in [-0.4, -0.2) is 17.0 Å². The van der Waals surface area contributed by atoms with Crippen LogP contribution >= 0.6 is 0 Å². The van der Waals surface area contributed by atoms with E-state index < -0.39 is 4.92 Å². The highest BCUT2D eigenvalue weighted by molar-refractivity contribution is 5.98. The molecule has 0 saturated carbocycles. The van der Waals surface area contributed by atoms with Gasteiger partial charge >= 0.3 is 5.69 Å². The molecule has 0 amide bonds. The molecule has 0 unspecified atom stereocenters. The van der Waals surface area contributed by atoms with Gasteiger partial charge in [-0.25, -0.2) is 0 Å². The van der Waals surface area contributed by atoms with E-state index in [-0.39, 0.29) is 22.3 Å². The molecule has 6 heteroatoms. The first kappa shape index (κ1) is 12.2. The largest absolute Gasteiger partial charge is 0.490 e. The summed E-state index contributed by atoms with van der Waals surface area (Å²) in [5.41, 5.74) is 0.377. The molecule has 1 aromatic heterocycles. The fourth-order valence-electron chi connectivity index (χ4n) is 2.32. The number of methoxy groups -OCH3 is 1. The van der Waals surface area contributed by atoms with E-state index in [1.165, 1.54) is 13.2 Å². The average molecular weight is 270 g/mol. The van der Waals surface area contributed by atoms with Crippen molar-refractivity contribution in [2.24, 2.45) is 0 Å². The quantitative estimate of drug-likeness (QED) is 0.440. The first-order valence-electron chi connectivity index (χ1n) is 5.89. The highest BCUT2D eigenvalue weighted by Crippen LogP contribution is 2.33. The van der Waals surface area contributed by atoms with Crippen LogP contribution in [0.1, 0.15) is 0 Å². The molecule has 1 N–H and O–H groups in total. The molecular formula is C14H10N2O4. The Hall–Kier alpha value is -2.89. The molecule has 0 aliphatic carbocycles. The van der Waals surface area contributed by atoms with Gasteiger partial charge in [-0.3, -0.25) is 14.9 Å². The van der Waals surface area contributed by atoms with Gasteiger partial charge in [0, 0.05) is 10.9 Å². The fraction of sp³-hybridized carbons (Fsp3) is 0.0714. The molecule has 1 heterocycles. The third-order valence-electron chi connectivity index (χ3n) is 3.21. The van der Waals surface area contributed by atoms with Gasteiger partial charge in [-0.1, -0.05) is 12.1 Å². The van der Waals surface area contributed by atoms with Gasteiger partial charge in [0.2, 0.25) is 5.43 Å². The second-order valence-electron chi connectivity index (χ2n) is 4.30. The molecule has 0 aliphatic rings. The van der Waals surface area contributed by atoms with Crippen LogP contribution in [0.25, 0.3) is 21.8 Å². The zero-order valence-corrected chi connectivity index (χ0v) is 10.5. The zero-order valence-electron chi connectivity index (χ0n) is 10.5. The van der Waals surface area contributed by atoms with Crippen LogP contribution in [0.3, 0.4) is 0 Å². The average Bonchev–Trinajstić information content (AvgIpc) is 2.46. The molecule has 20 heavy (non-hydrogen) atoms. The Kier molecular flexibility index (Phi) is 2.64. The lowest BCUT2D eigenvalue weighted by atomic mass is 10.1. The van der Waals surface area contributed by atoms with E-state index in [0.29, 0.717) is 16.4 Å². The van der Waals surface area contributed by atoms with Crippen LogP contribution < -0.4 is 10.2 Å². The number of ether oxygens (including phenoxy) is 1. The van der Waals surface area contributed by atoms with Gasteiger partial charge in [0.15, 0.2) is 5.75 Å². The van der Waals surface area contributed by atoms with Gasteiger partial charge in [-0.2, -0.15) is 0 Å². The number of pyridine rings is 1. The van der Waals surface area contributed by atoms with Gasteiger partial charge in [-0.05, 0) is 24.3 Å². The summed E-state index contributed by atoms with van der Waals surface area (Å²) in [4.78, 5) is 26.2. The summed E-state index contributed by atoms with van der Waals surface area (Å²) in [7, 11) is 1.34. The van der Waals surface area contributed by atoms with E-state index in [4.69, 9.17) is 4.74 Å². The Bertz CT molecular complexity index is 899. The number of hydrogen-bond donors (Lipinski definition) is 1. The summed E-state index contributed by atoms with van der Waals surface area (Å²) in [6, 6.07) is 9.99. The molecule has 3 aromatic rings. The SMILES string of the molecule is COc1ccc2[nH]c3ccccc3c(=O)c2c1[N+](=O)[O-]. The van der Waals surface area contributed by atoms with Crippen molar-refractivity contribution in [2.45, 2.75) is 0 Å². The van der Waals surface area contributed by atoms with Crippen molar-refractivity contribution in [3.05, 3.63) is 56.7 Å². The van der Waals surface area contributed by atoms with Gasteiger partial charge < -0.3 is 9.72 Å². The molecular weight excluding hydrogens is 260 g/mol. The molecule has 0 radical (unpaired) electrons. The number of H-pyrrole nitrogens is 1. The smallest absolute Gasteiger partial charge is 0.324 e. The van der Waals surface area contributed by atoms with E-state index >= 15 is 0 Å². The molecule has 0 aliphatic heterocycles. The minimum atomic E-state index is -0.592. The maximum absolute atomic E-state index is 12.5. The topological polar surface area (TPSA) is 85.2 Å². The summed E-state index contributed by atoms with van der Waals surface area (Å²) in [5.74, 6) is 0.0725. The number of aromatic nitrogens is 1. The summed E-state index contributed by atoms with van der Waals surface area (Å²) < 4.78 is 4.99. The summed E-state index contributed by atoms with van der Waals surface area (Å²) in [6.45, 7) is 0. The number of para-hydroxylation sites is 1. The monoisotopic (exact) mass is 270 g/mol. The van der Waals surface area contributed by atoms with Crippen molar-refractivity contribution < 1.29 is 9.66 Å². The van der Waals surface area contributed by atoms with Crippen molar-refractivity contribution in [1.29, 1.82) is 0 Å². The van der Waals surface area contributed by atoms with E-state index in [2.05, 4.69) is 4.98 Å². The fourth-order valence-corrected chi connectivity index (χ4v) is 2.32. The predicted molar refractivity (Wildman–Crippen MR) is 75.3 cm³/mol. The zero-order chi connectivity index (χ0) is 14.3. The number of fused-ring (bicyclic) bond motifs is 2. The van der Waals surface area contributed by atoms with Crippen LogP contribution in [-0.2, 0) is 0 Å². The Labute approximate surface area is 112 Å². The Morgan fingerprint density at radius 3 is 2.60 bits per heavy atom. The number of nitro benzene ring substituents is 1. The Morgan fingerprint density at radius 1 is 1.15 bits per heavy atom. The van der Waals surface area contributed by atoms with Gasteiger partial charge in [-0.15, -0.1) is 0 Å². The van der Waals surface area contributed by atoms with Crippen molar-refractivity contribution >= 4 is 27.5 Å². The second-order valence-corrected chi connectivity index (χ2v) is 4.30. The van der Waals surface area contributed by atoms with Crippen LogP contribution in [0.2, 0.25) is 0 Å². The van der Waals surface area contributed by atoms with Crippen LogP contribution in [0, 0.1) is 10.1 Å². The first-order valence-corrected chi connectivity index (χ1v) is 5.89. The number of nitrogens with one attached hydrogen (secondary N) is 1. The number of hydrogen-bond acceptors (Lipinski definition) is 4. The Morgan fingerprint density at radius 2 is 1.90 bits per heavy atom. The lowest BCUT2D eigenvalue weighted by molar-refractivity contribution is -0.384. The van der Waals surface area contributed by atoms with Crippen LogP contribution in [0.4, 0.5) is 5.69 Å². The molecule has 0 saturated heterocycles. The number of aromatic amines is 1. The lowest BCUT2D eigenvalue weighted by Crippen LogP contribution is -2.08. The molecule has 0 spiro atoms. The van der Waals surface area contributed by atoms with Gasteiger partial charge in [0.1, 0.15) is 5.39 Å². The lowest BCUT2D eigenvalue weighted by Gasteiger charge is -2.06. The molecule has 0 atom stereocenters. The first-order chi connectivity index (χ1) is 9.63. The molecule has 0 fully saturated rings. The minimum absolute atomic E-state index is 0.0352. The summed E-state index contributed by atoms with van der Waals surface area (Å²) in [6.07, 6.45) is 0. The maximum atomic E-state index is 12.5. The highest BCUT2D eigenvalue weighted by atomic mass is 16.6. The predicted octanol–water partition coefficient (Wildman–Crippen LogP) is 2.60. The minimum Gasteiger partial charge on any atom is -0.490 e. The Balaban J connectivity index is 2.60. The van der Waals surface area contributed by atoms with E-state index in [9.17, 15) is 14.9 Å². The van der Waals surface area contributed by atoms with Crippen molar-refractivity contribution in [3.8, 4) is 5.75 Å². The molecule has 6 nitrogen and oxygen atoms in total. The van der Waals surface area contributed by atoms with Gasteiger partial charge in [0.05, 0.1) is 17.5 Å². The van der Waals surface area contributed by atoms with Crippen molar-refractivity contribution in [1.82, 2.24) is 4.98 Å². The van der Waals surface area contributed by atoms with E-state index in [1.54, 1.807) is 30.3 Å². The van der Waals surface area contributed by atoms with Crippen molar-refractivity contribution in [3.63, 3.8) is 0 Å². The number of benzene rings is 2. The third-order valence-corrected chi connectivity index (χ3v) is 3.21. The van der Waals surface area contributed by atoms with Crippen LogP contribution in [0.5, 0.6) is 5.75 Å². The maximum Gasteiger partial charge on any atom is 0.324 e. The third kappa shape index (κ3) is 1.62. The van der Waals surface area contributed by atoms with Crippen molar-refractivity contribution in [2.75, 3.05) is 7.11 Å². The number of nitrogens with zero attached hydrogens (tertiary/aromatic N) is 1. The van der Waals surface area contributed by atoms with E-state index in [0.717, 1.165) is 0 Å². The molecule has 100 valence electrons. The normalized spacial score (nSPS) is 10.8. The van der Waals surface area contributed by atoms with E-state index in [1.807, 2.05) is 0 Å². The number of nitro groups is 1. The van der Waals surface area contributed by atoms with Crippen LogP contribution in [0.15, 0.2) is 41.2 Å². The molecule has 2 aromatic carbocycles. The summed E-state index contributed by atoms with van der Waals surface area (Å²) >= 11 is 0. The standard InChI is InChI=1S/C14H10N2O4/c1-20-11-7-6-10-12(13(11)16(18)19)14(17)8-4-2-3-5-9(8)15-10/h2-7H,1H3,(H,15,17). The second kappa shape index (κ2) is 4.34. The molecule has 3 rings (SSSR count). The van der Waals surface area contributed by atoms with Gasteiger partial charge in [0.25, 0.3) is 0 Å².